The lowest BCUT2D eigenvalue weighted by Gasteiger charge is -2.07. The molecular weight excluding hydrogens is 280 g/mol. The minimum absolute atomic E-state index is 0.00546. The molecule has 0 aliphatic carbocycles. The quantitative estimate of drug-likeness (QED) is 0.869. The van der Waals surface area contributed by atoms with Gasteiger partial charge in [-0.2, -0.15) is 5.10 Å². The molecule has 0 fully saturated rings. The van der Waals surface area contributed by atoms with Gasteiger partial charge >= 0.3 is 0 Å². The van der Waals surface area contributed by atoms with Crippen LogP contribution in [0.15, 0.2) is 41.4 Å². The van der Waals surface area contributed by atoms with Crippen LogP contribution in [0.3, 0.4) is 0 Å². The van der Waals surface area contributed by atoms with E-state index in [1.165, 1.54) is 24.3 Å². The highest BCUT2D eigenvalue weighted by Crippen LogP contribution is 2.13. The minimum Gasteiger partial charge on any atom is -0.321 e. The Hall–Kier alpha value is -2.19. The second-order valence-electron chi connectivity index (χ2n) is 4.06. The van der Waals surface area contributed by atoms with Crippen LogP contribution in [0.25, 0.3) is 0 Å². The lowest BCUT2D eigenvalue weighted by Crippen LogP contribution is -2.17. The van der Waals surface area contributed by atoms with Crippen LogP contribution in [0, 0.1) is 0 Å². The number of carbonyl (C=O) groups excluding carboxylic acids is 1. The summed E-state index contributed by atoms with van der Waals surface area (Å²) in [6, 6.07) is 7.23. The SMILES string of the molecule is CCn1nccc1C(=O)Nc1ccc(S(N)(=O)=O)cc1. The highest BCUT2D eigenvalue weighted by atomic mass is 32.2. The maximum Gasteiger partial charge on any atom is 0.273 e. The number of aryl methyl sites for hydroxylation is 1. The molecule has 1 aromatic heterocycles. The molecule has 0 atom stereocenters. The molecule has 0 saturated heterocycles. The molecular formula is C12H14N4O3S. The second kappa shape index (κ2) is 5.43. The highest BCUT2D eigenvalue weighted by Gasteiger charge is 2.12. The second-order valence-corrected chi connectivity index (χ2v) is 5.62. The molecule has 20 heavy (non-hydrogen) atoms. The van der Waals surface area contributed by atoms with Gasteiger partial charge in [-0.25, -0.2) is 13.6 Å². The zero-order valence-corrected chi connectivity index (χ0v) is 11.6. The highest BCUT2D eigenvalue weighted by molar-refractivity contribution is 7.89. The van der Waals surface area contributed by atoms with Crippen LogP contribution in [0.5, 0.6) is 0 Å². The van der Waals surface area contributed by atoms with Crippen molar-refractivity contribution in [3.63, 3.8) is 0 Å². The Morgan fingerprint density at radius 2 is 1.95 bits per heavy atom. The van der Waals surface area contributed by atoms with Crippen molar-refractivity contribution in [2.45, 2.75) is 18.4 Å². The standard InChI is InChI=1S/C12H14N4O3S/c1-2-16-11(7-8-14-16)12(17)15-9-3-5-10(6-4-9)20(13,18)19/h3-8H,2H2,1H3,(H,15,17)(H2,13,18,19). The maximum atomic E-state index is 12.0. The minimum atomic E-state index is -3.73. The lowest BCUT2D eigenvalue weighted by molar-refractivity contribution is 0.101. The van der Waals surface area contributed by atoms with Crippen LogP contribution in [-0.4, -0.2) is 24.1 Å². The summed E-state index contributed by atoms with van der Waals surface area (Å²) in [6.45, 7) is 2.46. The van der Waals surface area contributed by atoms with E-state index < -0.39 is 10.0 Å². The molecule has 0 bridgehead atoms. The Morgan fingerprint density at radius 3 is 2.50 bits per heavy atom. The molecule has 1 amide bonds. The largest absolute Gasteiger partial charge is 0.321 e. The van der Waals surface area contributed by atoms with Gasteiger partial charge in [0.2, 0.25) is 10.0 Å². The van der Waals surface area contributed by atoms with E-state index in [1.807, 2.05) is 6.92 Å². The van der Waals surface area contributed by atoms with Gasteiger partial charge in [-0.1, -0.05) is 0 Å². The van der Waals surface area contributed by atoms with Crippen molar-refractivity contribution in [3.8, 4) is 0 Å². The third kappa shape index (κ3) is 3.03. The molecule has 106 valence electrons. The molecule has 0 saturated carbocycles. The van der Waals surface area contributed by atoms with Gasteiger partial charge in [0.25, 0.3) is 5.91 Å². The zero-order valence-electron chi connectivity index (χ0n) is 10.8. The summed E-state index contributed by atoms with van der Waals surface area (Å²) in [7, 11) is -3.73. The Kier molecular flexibility index (Phi) is 3.86. The zero-order chi connectivity index (χ0) is 14.8. The van der Waals surface area contributed by atoms with Crippen LogP contribution in [-0.2, 0) is 16.6 Å². The first kappa shape index (κ1) is 14.2. The number of amides is 1. The molecule has 0 aliphatic rings. The number of hydrogen-bond donors (Lipinski definition) is 2. The maximum absolute atomic E-state index is 12.0. The average molecular weight is 294 g/mol. The number of primary sulfonamides is 1. The van der Waals surface area contributed by atoms with Crippen LogP contribution in [0.1, 0.15) is 17.4 Å². The first-order valence-corrected chi connectivity index (χ1v) is 7.42. The van der Waals surface area contributed by atoms with Gasteiger partial charge in [0.15, 0.2) is 0 Å². The van der Waals surface area contributed by atoms with Crippen molar-refractivity contribution >= 4 is 21.6 Å². The molecule has 1 aromatic carbocycles. The predicted octanol–water partition coefficient (Wildman–Crippen LogP) is 0.803. The summed E-state index contributed by atoms with van der Waals surface area (Å²) in [5.74, 6) is -0.312. The molecule has 7 nitrogen and oxygen atoms in total. The number of anilines is 1. The summed E-state index contributed by atoms with van der Waals surface area (Å²) in [4.78, 5) is 12.0. The van der Waals surface area contributed by atoms with E-state index >= 15 is 0 Å². The van der Waals surface area contributed by atoms with Crippen LogP contribution in [0.4, 0.5) is 5.69 Å². The number of rotatable bonds is 4. The summed E-state index contributed by atoms with van der Waals surface area (Å²) in [5.41, 5.74) is 0.911. The fourth-order valence-electron chi connectivity index (χ4n) is 1.70. The topological polar surface area (TPSA) is 107 Å². The molecule has 0 radical (unpaired) electrons. The number of sulfonamides is 1. The van der Waals surface area contributed by atoms with Gasteiger partial charge < -0.3 is 5.32 Å². The average Bonchev–Trinajstić information content (AvgIpc) is 2.86. The van der Waals surface area contributed by atoms with Crippen molar-refractivity contribution in [3.05, 3.63) is 42.2 Å². The summed E-state index contributed by atoms with van der Waals surface area (Å²) in [5, 5.41) is 11.7. The number of nitrogens with two attached hydrogens (primary N) is 1. The molecule has 0 spiro atoms. The number of nitrogens with one attached hydrogen (secondary N) is 1. The van der Waals surface area contributed by atoms with E-state index in [0.29, 0.717) is 17.9 Å². The Morgan fingerprint density at radius 1 is 1.30 bits per heavy atom. The van der Waals surface area contributed by atoms with Crippen LogP contribution < -0.4 is 10.5 Å². The number of hydrogen-bond acceptors (Lipinski definition) is 4. The van der Waals surface area contributed by atoms with E-state index in [-0.39, 0.29) is 10.8 Å². The van der Waals surface area contributed by atoms with Gasteiger partial charge in [0, 0.05) is 18.4 Å². The predicted molar refractivity (Wildman–Crippen MR) is 73.7 cm³/mol. The van der Waals surface area contributed by atoms with Crippen LogP contribution >= 0.6 is 0 Å². The van der Waals surface area contributed by atoms with Crippen molar-refractivity contribution in [1.82, 2.24) is 9.78 Å². The molecule has 2 rings (SSSR count). The van der Waals surface area contributed by atoms with Crippen molar-refractivity contribution in [2.24, 2.45) is 5.14 Å². The molecule has 0 unspecified atom stereocenters. The first-order chi connectivity index (χ1) is 9.41. The molecule has 0 aliphatic heterocycles. The smallest absolute Gasteiger partial charge is 0.273 e. The summed E-state index contributed by atoms with van der Waals surface area (Å²) >= 11 is 0. The normalized spacial score (nSPS) is 11.3. The fourth-order valence-corrected chi connectivity index (χ4v) is 2.22. The lowest BCUT2D eigenvalue weighted by atomic mass is 10.3. The molecule has 3 N–H and O–H groups in total. The molecule has 1 heterocycles. The number of nitrogens with zero attached hydrogens (tertiary/aromatic N) is 2. The van der Waals surface area contributed by atoms with Crippen molar-refractivity contribution < 1.29 is 13.2 Å². The number of benzene rings is 1. The van der Waals surface area contributed by atoms with E-state index in [2.05, 4.69) is 10.4 Å². The number of carbonyl (C=O) groups is 1. The van der Waals surface area contributed by atoms with Crippen LogP contribution in [0.2, 0.25) is 0 Å². The Bertz CT molecular complexity index is 719. The van der Waals surface area contributed by atoms with Gasteiger partial charge in [-0.05, 0) is 37.3 Å². The van der Waals surface area contributed by atoms with E-state index in [0.717, 1.165) is 0 Å². The molecule has 2 aromatic rings. The van der Waals surface area contributed by atoms with E-state index in [1.54, 1.807) is 16.9 Å². The monoisotopic (exact) mass is 294 g/mol. The number of aromatic nitrogens is 2. The van der Waals surface area contributed by atoms with E-state index in [4.69, 9.17) is 5.14 Å². The van der Waals surface area contributed by atoms with E-state index in [9.17, 15) is 13.2 Å². The van der Waals surface area contributed by atoms with Crippen molar-refractivity contribution in [1.29, 1.82) is 0 Å². The fraction of sp³-hybridized carbons (Fsp3) is 0.167. The van der Waals surface area contributed by atoms with Crippen molar-refractivity contribution in [2.75, 3.05) is 5.32 Å². The van der Waals surface area contributed by atoms with Gasteiger partial charge in [0.05, 0.1) is 4.90 Å². The van der Waals surface area contributed by atoms with Gasteiger partial charge in [-0.15, -0.1) is 0 Å². The van der Waals surface area contributed by atoms with Gasteiger partial charge in [0.1, 0.15) is 5.69 Å². The Labute approximate surface area is 116 Å². The summed E-state index contributed by atoms with van der Waals surface area (Å²) < 4.78 is 23.8. The Balaban J connectivity index is 2.17. The first-order valence-electron chi connectivity index (χ1n) is 5.88. The van der Waals surface area contributed by atoms with Gasteiger partial charge in [-0.3, -0.25) is 9.48 Å². The summed E-state index contributed by atoms with van der Waals surface area (Å²) in [6.07, 6.45) is 1.54. The molecule has 8 heteroatoms. The third-order valence-electron chi connectivity index (χ3n) is 2.69. The third-order valence-corrected chi connectivity index (χ3v) is 3.62.